The van der Waals surface area contributed by atoms with Gasteiger partial charge in [0.1, 0.15) is 23.0 Å². The molecule has 0 bridgehead atoms. The van der Waals surface area contributed by atoms with Gasteiger partial charge in [0, 0.05) is 16.8 Å². The Bertz CT molecular complexity index is 1920. The molecule has 5 heteroatoms. The fraction of sp³-hybridized carbons (Fsp3) is 0.222. The van der Waals surface area contributed by atoms with Gasteiger partial charge in [0.05, 0.1) is 33.3 Å². The lowest BCUT2D eigenvalue weighted by Gasteiger charge is -2.47. The Morgan fingerprint density at radius 2 is 1.12 bits per heavy atom. The molecule has 3 aliphatic rings. The van der Waals surface area contributed by atoms with Crippen molar-refractivity contribution in [3.05, 3.63) is 96.1 Å². The minimum absolute atomic E-state index is 0.121. The van der Waals surface area contributed by atoms with E-state index in [2.05, 4.69) is 125 Å². The van der Waals surface area contributed by atoms with Gasteiger partial charge in [-0.15, -0.1) is 0 Å². The molecule has 3 nitrogen and oxygen atoms in total. The Morgan fingerprint density at radius 3 is 1.66 bits per heavy atom. The number of hydrogen-bond acceptors (Lipinski definition) is 4. The summed E-state index contributed by atoms with van der Waals surface area (Å²) in [6.07, 6.45) is 0. The first-order valence-corrected chi connectivity index (χ1v) is 17.0. The molecule has 0 saturated heterocycles. The summed E-state index contributed by atoms with van der Waals surface area (Å²) >= 11 is 7.06. The van der Waals surface area contributed by atoms with E-state index in [4.69, 9.17) is 21.3 Å². The fourth-order valence-electron chi connectivity index (χ4n) is 6.74. The third kappa shape index (κ3) is 3.29. The van der Waals surface area contributed by atoms with Gasteiger partial charge in [-0.3, -0.25) is 0 Å². The van der Waals surface area contributed by atoms with Crippen molar-refractivity contribution in [2.75, 3.05) is 4.90 Å². The van der Waals surface area contributed by atoms with Crippen LogP contribution in [0.2, 0.25) is 0 Å². The van der Waals surface area contributed by atoms with Gasteiger partial charge in [-0.2, -0.15) is 0 Å². The van der Waals surface area contributed by atoms with Crippen LogP contribution in [0.25, 0.3) is 10.8 Å². The average molecular weight is 574 g/mol. The van der Waals surface area contributed by atoms with E-state index in [0.29, 0.717) is 0 Å². The molecule has 3 aliphatic heterocycles. The van der Waals surface area contributed by atoms with E-state index < -0.39 is 6.04 Å². The molecular weight excluding hydrogens is 541 g/mol. The molecule has 0 radical (unpaired) electrons. The molecule has 0 fully saturated rings. The highest BCUT2D eigenvalue weighted by atomic mass is 32.4. The van der Waals surface area contributed by atoms with Crippen LogP contribution in [0.4, 0.5) is 17.1 Å². The van der Waals surface area contributed by atoms with Gasteiger partial charge in [0.15, 0.2) is 0 Å². The third-order valence-corrected chi connectivity index (χ3v) is 13.5. The number of anilines is 3. The monoisotopic (exact) mass is 573 g/mol. The van der Waals surface area contributed by atoms with E-state index in [1.54, 1.807) is 0 Å². The zero-order valence-electron chi connectivity index (χ0n) is 24.2. The average Bonchev–Trinajstić information content (AvgIpc) is 2.91. The van der Waals surface area contributed by atoms with Gasteiger partial charge in [0.2, 0.25) is 0 Å². The summed E-state index contributed by atoms with van der Waals surface area (Å²) in [5, 5.41) is 5.77. The van der Waals surface area contributed by atoms with Crippen LogP contribution in [-0.4, -0.2) is 0 Å². The van der Waals surface area contributed by atoms with Crippen molar-refractivity contribution >= 4 is 61.6 Å². The maximum atomic E-state index is 7.06. The first-order valence-electron chi connectivity index (χ1n) is 14.2. The van der Waals surface area contributed by atoms with Crippen molar-refractivity contribution in [3.63, 3.8) is 0 Å². The highest BCUT2D eigenvalue weighted by Gasteiger charge is 2.51. The second-order valence-corrected chi connectivity index (χ2v) is 17.6. The van der Waals surface area contributed by atoms with E-state index >= 15 is 0 Å². The summed E-state index contributed by atoms with van der Waals surface area (Å²) in [6.45, 7) is 13.5. The van der Waals surface area contributed by atoms with Crippen molar-refractivity contribution in [3.8, 4) is 23.0 Å². The number of nitrogens with zero attached hydrogens (tertiary/aromatic N) is 1. The van der Waals surface area contributed by atoms with Gasteiger partial charge < -0.3 is 14.4 Å². The number of fused-ring (bicyclic) bond motifs is 1. The largest absolute Gasteiger partial charge is 0.455 e. The van der Waals surface area contributed by atoms with Crippen LogP contribution >= 0.6 is 6.04 Å². The lowest BCUT2D eigenvalue weighted by molar-refractivity contribution is 0.442. The summed E-state index contributed by atoms with van der Waals surface area (Å²) in [5.41, 5.74) is 5.43. The number of hydrogen-bond donors (Lipinski definition) is 0. The first kappa shape index (κ1) is 25.1. The van der Waals surface area contributed by atoms with Crippen LogP contribution in [0.5, 0.6) is 23.0 Å². The summed E-state index contributed by atoms with van der Waals surface area (Å²) < 4.78 is 13.8. The Balaban J connectivity index is 1.55. The molecule has 0 N–H and O–H groups in total. The molecule has 0 aliphatic carbocycles. The minimum atomic E-state index is -2.54. The van der Waals surface area contributed by atoms with E-state index in [1.807, 2.05) is 6.07 Å². The zero-order chi connectivity index (χ0) is 28.5. The minimum Gasteiger partial charge on any atom is -0.455 e. The lowest BCUT2D eigenvalue weighted by Crippen LogP contribution is -2.43. The number of ether oxygens (including phenoxy) is 2. The Labute approximate surface area is 246 Å². The normalized spacial score (nSPS) is 15.7. The van der Waals surface area contributed by atoms with Crippen LogP contribution in [0, 0.1) is 0 Å². The van der Waals surface area contributed by atoms with E-state index in [-0.39, 0.29) is 10.8 Å². The molecule has 0 amide bonds. The third-order valence-electron chi connectivity index (χ3n) is 8.64. The first-order chi connectivity index (χ1) is 19.5. The van der Waals surface area contributed by atoms with Crippen LogP contribution in [0.3, 0.4) is 0 Å². The summed E-state index contributed by atoms with van der Waals surface area (Å²) in [7, 11) is 0. The smallest absolute Gasteiger partial charge is 0.142 e. The zero-order valence-corrected chi connectivity index (χ0v) is 25.9. The molecule has 0 atom stereocenters. The topological polar surface area (TPSA) is 21.7 Å². The number of rotatable bonds is 1. The number of benzene rings is 5. The molecule has 8 rings (SSSR count). The Kier molecular flexibility index (Phi) is 4.92. The molecule has 0 aromatic heterocycles. The summed E-state index contributed by atoms with van der Waals surface area (Å²) in [5.74, 6) is 3.51. The van der Waals surface area contributed by atoms with Crippen LogP contribution in [0.15, 0.2) is 84.9 Å². The molecule has 3 heterocycles. The van der Waals surface area contributed by atoms with Crippen molar-refractivity contribution in [1.82, 2.24) is 0 Å². The highest BCUT2D eigenvalue weighted by molar-refractivity contribution is 8.26. The predicted molar refractivity (Wildman–Crippen MR) is 176 cm³/mol. The maximum absolute atomic E-state index is 7.06. The van der Waals surface area contributed by atoms with Crippen molar-refractivity contribution in [2.45, 2.75) is 52.4 Å². The van der Waals surface area contributed by atoms with E-state index in [0.717, 1.165) is 56.0 Å². The van der Waals surface area contributed by atoms with Gasteiger partial charge in [-0.1, -0.05) is 102 Å². The molecular formula is C36H32NO2PS. The van der Waals surface area contributed by atoms with Crippen molar-refractivity contribution in [1.29, 1.82) is 0 Å². The summed E-state index contributed by atoms with van der Waals surface area (Å²) in [6, 6.07) is 27.9. The quantitative estimate of drug-likeness (QED) is 0.183. The maximum Gasteiger partial charge on any atom is 0.142 e. The van der Waals surface area contributed by atoms with E-state index in [1.165, 1.54) is 21.9 Å². The van der Waals surface area contributed by atoms with Crippen LogP contribution < -0.4 is 30.3 Å². The second-order valence-electron chi connectivity index (χ2n) is 13.4. The van der Waals surface area contributed by atoms with E-state index in [9.17, 15) is 0 Å². The molecule has 5 aromatic rings. The Hall–Kier alpha value is -3.59. The molecule has 0 spiro atoms. The van der Waals surface area contributed by atoms with Gasteiger partial charge in [-0.05, 0) is 58.0 Å². The standard InChI is InChI=1S/C36H32NO2PS/c1-35(2,3)24-16-18-26-32-30(24)38-28-12-9-13-29-34(28)40(32,41)33-27(19-17-25(31(33)39-29)36(4,5)6)37(26)23-15-14-21-10-7-8-11-22(21)20-23/h7-20H,1-6H3. The Morgan fingerprint density at radius 1 is 0.585 bits per heavy atom. The molecule has 0 unspecified atom stereocenters. The molecule has 204 valence electrons. The molecule has 0 saturated carbocycles. The van der Waals surface area contributed by atoms with Gasteiger partial charge >= 0.3 is 0 Å². The van der Waals surface area contributed by atoms with Crippen molar-refractivity contribution < 1.29 is 9.47 Å². The van der Waals surface area contributed by atoms with Crippen LogP contribution in [0.1, 0.15) is 52.7 Å². The lowest BCUT2D eigenvalue weighted by atomic mass is 9.85. The van der Waals surface area contributed by atoms with Gasteiger partial charge in [0.25, 0.3) is 0 Å². The van der Waals surface area contributed by atoms with Crippen LogP contribution in [-0.2, 0) is 22.6 Å². The van der Waals surface area contributed by atoms with Gasteiger partial charge in [-0.25, -0.2) is 0 Å². The highest BCUT2D eigenvalue weighted by Crippen LogP contribution is 2.66. The SMILES string of the molecule is CC(C)(C)c1ccc2c3c1Oc1cccc4c1P3(=S)c1c(ccc(C(C)(C)C)c1O4)N2c1ccc2ccccc2c1. The van der Waals surface area contributed by atoms with Crippen molar-refractivity contribution in [2.24, 2.45) is 0 Å². The fourth-order valence-corrected chi connectivity index (χ4v) is 11.8. The summed E-state index contributed by atoms with van der Waals surface area (Å²) in [4.78, 5) is 2.39. The second kappa shape index (κ2) is 8.03. The molecule has 5 aromatic carbocycles. The molecule has 41 heavy (non-hydrogen) atoms. The predicted octanol–water partition coefficient (Wildman–Crippen LogP) is 9.19.